The number of ketones is 1. The third kappa shape index (κ3) is 8.44. The number of nitrogens with one attached hydrogen (secondary N) is 3. The maximum Gasteiger partial charge on any atom is 0.329 e. The van der Waals surface area contributed by atoms with Crippen molar-refractivity contribution in [1.29, 1.82) is 0 Å². The van der Waals surface area contributed by atoms with E-state index in [0.717, 1.165) is 50.5 Å². The smallest absolute Gasteiger partial charge is 0.329 e. The summed E-state index contributed by atoms with van der Waals surface area (Å²) in [5, 5.41) is 8.48. The maximum atomic E-state index is 14.4. The zero-order valence-electron chi connectivity index (χ0n) is 29.5. The predicted octanol–water partition coefficient (Wildman–Crippen LogP) is 3.21. The fourth-order valence-corrected chi connectivity index (χ4v) is 7.94. The highest BCUT2D eigenvalue weighted by Crippen LogP contribution is 2.65. The number of carbonyl (C=O) groups is 6. The number of rotatable bonds is 13. The SMILES string of the molecule is CC(C)(C)[C@H](NC(=O)N[C@H](C(=O)OCc1ccccc1)C1CCCCC1)C(=O)N1C[C@H]2C([C@H]1C(=O)NC(CC1CC1)C(=O)C(N)=O)C2(C)C. The Morgan fingerprint density at radius 1 is 0.939 bits per heavy atom. The molecule has 49 heavy (non-hydrogen) atoms. The van der Waals surface area contributed by atoms with Gasteiger partial charge < -0.3 is 31.3 Å². The second kappa shape index (κ2) is 14.5. The van der Waals surface area contributed by atoms with Crippen LogP contribution in [-0.4, -0.2) is 71.1 Å². The van der Waals surface area contributed by atoms with Crippen LogP contribution >= 0.6 is 0 Å². The minimum Gasteiger partial charge on any atom is -0.459 e. The molecule has 1 aliphatic heterocycles. The number of ether oxygens (including phenoxy) is 1. The van der Waals surface area contributed by atoms with E-state index in [2.05, 4.69) is 29.8 Å². The third-order valence-electron chi connectivity index (χ3n) is 11.2. The van der Waals surface area contributed by atoms with Crippen molar-refractivity contribution in [2.24, 2.45) is 40.2 Å². The van der Waals surface area contributed by atoms with Crippen LogP contribution in [-0.2, 0) is 35.3 Å². The van der Waals surface area contributed by atoms with Crippen molar-refractivity contribution in [3.05, 3.63) is 35.9 Å². The number of esters is 1. The molecule has 5 rings (SSSR count). The number of hydrogen-bond donors (Lipinski definition) is 4. The lowest BCUT2D eigenvalue weighted by molar-refractivity contribution is -0.149. The van der Waals surface area contributed by atoms with Crippen molar-refractivity contribution in [2.75, 3.05) is 6.54 Å². The molecule has 0 aromatic heterocycles. The van der Waals surface area contributed by atoms with Gasteiger partial charge in [0.15, 0.2) is 0 Å². The Morgan fingerprint density at radius 3 is 2.18 bits per heavy atom. The van der Waals surface area contributed by atoms with E-state index in [4.69, 9.17) is 10.5 Å². The summed E-state index contributed by atoms with van der Waals surface area (Å²) >= 11 is 0. The average Bonchev–Trinajstić information content (AvgIpc) is 3.91. The van der Waals surface area contributed by atoms with Gasteiger partial charge in [0.05, 0.1) is 6.04 Å². The molecule has 1 aromatic carbocycles. The fraction of sp³-hybridized carbons (Fsp3) is 0.676. The highest BCUT2D eigenvalue weighted by Gasteiger charge is 2.70. The molecule has 0 radical (unpaired) electrons. The Morgan fingerprint density at radius 2 is 1.59 bits per heavy atom. The first-order chi connectivity index (χ1) is 23.1. The van der Waals surface area contributed by atoms with Crippen LogP contribution in [0.15, 0.2) is 30.3 Å². The zero-order chi connectivity index (χ0) is 35.7. The molecule has 12 heteroatoms. The molecule has 1 heterocycles. The molecule has 12 nitrogen and oxygen atoms in total. The summed E-state index contributed by atoms with van der Waals surface area (Å²) < 4.78 is 5.66. The molecule has 4 fully saturated rings. The van der Waals surface area contributed by atoms with Gasteiger partial charge in [-0.25, -0.2) is 9.59 Å². The number of fused-ring (bicyclic) bond motifs is 1. The molecular weight excluding hydrogens is 626 g/mol. The number of hydrogen-bond acceptors (Lipinski definition) is 7. The molecule has 1 saturated heterocycles. The van der Waals surface area contributed by atoms with Crippen LogP contribution in [0.4, 0.5) is 4.79 Å². The number of urea groups is 1. The number of carbonyl (C=O) groups excluding carboxylic acids is 6. The van der Waals surface area contributed by atoms with Crippen molar-refractivity contribution in [3.8, 4) is 0 Å². The highest BCUT2D eigenvalue weighted by atomic mass is 16.5. The van der Waals surface area contributed by atoms with Crippen LogP contribution in [0.5, 0.6) is 0 Å². The summed E-state index contributed by atoms with van der Waals surface area (Å²) in [6, 6.07) is 4.82. The van der Waals surface area contributed by atoms with Crippen molar-refractivity contribution in [3.63, 3.8) is 0 Å². The third-order valence-corrected chi connectivity index (χ3v) is 11.2. The summed E-state index contributed by atoms with van der Waals surface area (Å²) in [7, 11) is 0. The molecule has 2 unspecified atom stereocenters. The van der Waals surface area contributed by atoms with Crippen LogP contribution in [0.3, 0.4) is 0 Å². The zero-order valence-corrected chi connectivity index (χ0v) is 29.5. The van der Waals surface area contributed by atoms with Gasteiger partial charge in [-0.15, -0.1) is 0 Å². The lowest BCUT2D eigenvalue weighted by Gasteiger charge is -2.38. The number of nitrogens with zero attached hydrogens (tertiary/aromatic N) is 1. The van der Waals surface area contributed by atoms with Gasteiger partial charge in [0.25, 0.3) is 5.91 Å². The van der Waals surface area contributed by atoms with Gasteiger partial charge in [0, 0.05) is 6.54 Å². The maximum absolute atomic E-state index is 14.4. The van der Waals surface area contributed by atoms with Crippen LogP contribution in [0.1, 0.15) is 91.5 Å². The minimum atomic E-state index is -1.10. The quantitative estimate of drug-likeness (QED) is 0.183. The van der Waals surface area contributed by atoms with Crippen LogP contribution in [0.2, 0.25) is 0 Å². The monoisotopic (exact) mass is 679 g/mol. The van der Waals surface area contributed by atoms with E-state index in [0.29, 0.717) is 13.0 Å². The lowest BCUT2D eigenvalue weighted by Crippen LogP contribution is -2.62. The molecule has 5 N–H and O–H groups in total. The van der Waals surface area contributed by atoms with E-state index < -0.39 is 65.1 Å². The van der Waals surface area contributed by atoms with Crippen LogP contribution in [0, 0.1) is 34.5 Å². The summed E-state index contributed by atoms with van der Waals surface area (Å²) in [6.45, 7) is 9.99. The first-order valence-corrected chi connectivity index (χ1v) is 17.8. The fourth-order valence-electron chi connectivity index (χ4n) is 7.94. The Bertz CT molecular complexity index is 1430. The largest absolute Gasteiger partial charge is 0.459 e. The number of piperidine rings is 1. The highest BCUT2D eigenvalue weighted by molar-refractivity contribution is 6.37. The minimum absolute atomic E-state index is 0.0606. The first-order valence-electron chi connectivity index (χ1n) is 17.8. The number of likely N-dealkylation sites (tertiary alicyclic amines) is 1. The van der Waals surface area contributed by atoms with E-state index in [1.807, 2.05) is 51.1 Å². The van der Waals surface area contributed by atoms with Gasteiger partial charge in [-0.05, 0) is 59.3 Å². The molecule has 0 bridgehead atoms. The summed E-state index contributed by atoms with van der Waals surface area (Å²) in [6.07, 6.45) is 6.66. The van der Waals surface area contributed by atoms with Crippen molar-refractivity contribution >= 4 is 35.5 Å². The van der Waals surface area contributed by atoms with Crippen molar-refractivity contribution in [1.82, 2.24) is 20.9 Å². The molecule has 268 valence electrons. The van der Waals surface area contributed by atoms with Gasteiger partial charge in [-0.2, -0.15) is 0 Å². The summed E-state index contributed by atoms with van der Waals surface area (Å²) in [5.74, 6) is -3.34. The van der Waals surface area contributed by atoms with E-state index in [-0.39, 0.29) is 35.7 Å². The Labute approximate surface area is 289 Å². The number of Topliss-reactive ketones (excluding diaryl/α,β-unsaturated/α-hetero) is 1. The van der Waals surface area contributed by atoms with Gasteiger partial charge in [0.1, 0.15) is 24.7 Å². The van der Waals surface area contributed by atoms with Crippen LogP contribution < -0.4 is 21.7 Å². The molecule has 6 atom stereocenters. The molecular formula is C37H53N5O7. The molecule has 5 amide bonds. The molecule has 3 saturated carbocycles. The molecule has 0 spiro atoms. The topological polar surface area (TPSA) is 177 Å². The van der Waals surface area contributed by atoms with Gasteiger partial charge in [-0.1, -0.05) is 97.1 Å². The number of nitrogens with two attached hydrogens (primary N) is 1. The Balaban J connectivity index is 1.31. The van der Waals surface area contributed by atoms with E-state index in [1.54, 1.807) is 0 Å². The van der Waals surface area contributed by atoms with Gasteiger partial charge in [-0.3, -0.25) is 19.2 Å². The summed E-state index contributed by atoms with van der Waals surface area (Å²) in [4.78, 5) is 81.4. The van der Waals surface area contributed by atoms with Crippen LogP contribution in [0.25, 0.3) is 0 Å². The summed E-state index contributed by atoms with van der Waals surface area (Å²) in [5.41, 5.74) is 5.19. The standard InChI is InChI=1S/C37H53N5O7/c1-36(2,3)30(41-35(48)40-27(23-14-10-7-11-15-23)34(47)49-20-22-12-8-6-9-13-22)33(46)42-19-24-26(37(24,4)5)28(42)32(45)39-25(18-21-16-17-21)29(43)31(38)44/h6,8-9,12-13,21,23-28,30H,7,10-11,14-20H2,1-5H3,(H2,38,44)(H,39,45)(H2,40,41,48)/t24-,25?,26?,27-,28-,30+/m0/s1. The van der Waals surface area contributed by atoms with E-state index in [9.17, 15) is 28.8 Å². The second-order valence-electron chi connectivity index (χ2n) is 16.2. The Kier molecular flexibility index (Phi) is 10.7. The average molecular weight is 680 g/mol. The van der Waals surface area contributed by atoms with Gasteiger partial charge in [0.2, 0.25) is 17.6 Å². The molecule has 3 aliphatic carbocycles. The van der Waals surface area contributed by atoms with Crippen molar-refractivity contribution < 1.29 is 33.5 Å². The van der Waals surface area contributed by atoms with Gasteiger partial charge >= 0.3 is 12.0 Å². The van der Waals surface area contributed by atoms with E-state index in [1.165, 1.54) is 4.90 Å². The molecule has 4 aliphatic rings. The number of primary amides is 1. The second-order valence-corrected chi connectivity index (χ2v) is 16.2. The van der Waals surface area contributed by atoms with E-state index >= 15 is 0 Å². The number of amides is 5. The van der Waals surface area contributed by atoms with Crippen molar-refractivity contribution in [2.45, 2.75) is 117 Å². The lowest BCUT2D eigenvalue weighted by atomic mass is 9.83. The first kappa shape index (κ1) is 36.3. The predicted molar refractivity (Wildman–Crippen MR) is 181 cm³/mol. The Hall–Kier alpha value is -3.96. The molecule has 1 aromatic rings. The number of benzene rings is 1. The normalized spacial score (nSPS) is 24.8.